The van der Waals surface area contributed by atoms with Crippen LogP contribution in [0.1, 0.15) is 24.2 Å². The molecule has 0 aliphatic carbocycles. The molecule has 1 amide bonds. The van der Waals surface area contributed by atoms with Gasteiger partial charge in [-0.2, -0.15) is 0 Å². The lowest BCUT2D eigenvalue weighted by Crippen LogP contribution is -2.57. The average molecular weight is 274 g/mol. The molecule has 3 nitrogen and oxygen atoms in total. The molecule has 0 saturated carbocycles. The van der Waals surface area contributed by atoms with Crippen LogP contribution in [-0.2, 0) is 0 Å². The molecular weight excluding hydrogens is 256 g/mol. The molecule has 3 rings (SSSR count). The first kappa shape index (κ1) is 12.6. The topological polar surface area (TPSA) is 32.3 Å². The summed E-state index contributed by atoms with van der Waals surface area (Å²) in [5, 5.41) is 6.62. The summed E-state index contributed by atoms with van der Waals surface area (Å²) in [6.45, 7) is 5.90. The van der Waals surface area contributed by atoms with Gasteiger partial charge in [0.25, 0.3) is 5.91 Å². The van der Waals surface area contributed by atoms with E-state index in [-0.39, 0.29) is 11.9 Å². The fourth-order valence-electron chi connectivity index (χ4n) is 2.61. The lowest BCUT2D eigenvalue weighted by atomic mass is 10.0. The number of nitrogens with one attached hydrogen (secondary N) is 1. The molecule has 2 atom stereocenters. The van der Waals surface area contributed by atoms with Crippen LogP contribution >= 0.6 is 11.3 Å². The van der Waals surface area contributed by atoms with Crippen molar-refractivity contribution in [2.45, 2.75) is 25.9 Å². The van der Waals surface area contributed by atoms with E-state index in [0.29, 0.717) is 6.04 Å². The van der Waals surface area contributed by atoms with Crippen molar-refractivity contribution in [3.8, 4) is 0 Å². The Morgan fingerprint density at radius 3 is 3.05 bits per heavy atom. The van der Waals surface area contributed by atoms with Crippen molar-refractivity contribution in [1.29, 1.82) is 0 Å². The van der Waals surface area contributed by atoms with Gasteiger partial charge in [0.15, 0.2) is 0 Å². The lowest BCUT2D eigenvalue weighted by molar-refractivity contribution is 0.0603. The monoisotopic (exact) mass is 274 g/mol. The molecule has 1 fully saturated rings. The molecule has 0 bridgehead atoms. The number of piperazine rings is 1. The number of nitrogens with zero attached hydrogens (tertiary/aromatic N) is 1. The van der Waals surface area contributed by atoms with E-state index in [1.807, 2.05) is 23.1 Å². The maximum Gasteiger partial charge on any atom is 0.254 e. The number of rotatable bonds is 1. The summed E-state index contributed by atoms with van der Waals surface area (Å²) < 4.78 is 1.23. The molecule has 19 heavy (non-hydrogen) atoms. The summed E-state index contributed by atoms with van der Waals surface area (Å²) >= 11 is 1.71. The molecule has 1 N–H and O–H groups in total. The number of hydrogen-bond donors (Lipinski definition) is 1. The van der Waals surface area contributed by atoms with Crippen molar-refractivity contribution in [2.75, 3.05) is 13.1 Å². The van der Waals surface area contributed by atoms with Gasteiger partial charge in [0.05, 0.1) is 0 Å². The summed E-state index contributed by atoms with van der Waals surface area (Å²) in [5.41, 5.74) is 0.798. The number of fused-ring (bicyclic) bond motifs is 1. The Kier molecular flexibility index (Phi) is 3.29. The van der Waals surface area contributed by atoms with E-state index in [4.69, 9.17) is 0 Å². The molecule has 0 radical (unpaired) electrons. The van der Waals surface area contributed by atoms with Crippen molar-refractivity contribution < 1.29 is 4.79 Å². The normalized spacial score (nSPS) is 23.8. The van der Waals surface area contributed by atoms with Crippen LogP contribution in [0.4, 0.5) is 0 Å². The lowest BCUT2D eigenvalue weighted by Gasteiger charge is -2.38. The summed E-state index contributed by atoms with van der Waals surface area (Å²) in [6.07, 6.45) is 0. The minimum absolute atomic E-state index is 0.147. The van der Waals surface area contributed by atoms with Crippen LogP contribution in [0.5, 0.6) is 0 Å². The van der Waals surface area contributed by atoms with Crippen LogP contribution in [0.15, 0.2) is 29.6 Å². The summed E-state index contributed by atoms with van der Waals surface area (Å²) in [4.78, 5) is 14.6. The number of thiophene rings is 1. The van der Waals surface area contributed by atoms with Crippen molar-refractivity contribution >= 4 is 27.3 Å². The van der Waals surface area contributed by atoms with Gasteiger partial charge < -0.3 is 10.2 Å². The third-order valence-electron chi connectivity index (χ3n) is 3.99. The van der Waals surface area contributed by atoms with Gasteiger partial charge >= 0.3 is 0 Å². The molecule has 1 aromatic heterocycles. The molecule has 1 saturated heterocycles. The second-order valence-corrected chi connectivity index (χ2v) is 6.10. The summed E-state index contributed by atoms with van der Waals surface area (Å²) in [7, 11) is 0. The smallest absolute Gasteiger partial charge is 0.254 e. The maximum atomic E-state index is 12.6. The number of carbonyl (C=O) groups is 1. The minimum Gasteiger partial charge on any atom is -0.333 e. The SMILES string of the molecule is CC1NCCN(C(=O)c2ccc3sccc3c2)C1C. The summed E-state index contributed by atoms with van der Waals surface area (Å²) in [6, 6.07) is 8.65. The van der Waals surface area contributed by atoms with Gasteiger partial charge in [-0.15, -0.1) is 11.3 Å². The number of hydrogen-bond acceptors (Lipinski definition) is 3. The van der Waals surface area contributed by atoms with Crippen LogP contribution in [0.3, 0.4) is 0 Å². The van der Waals surface area contributed by atoms with Gasteiger partial charge in [-0.1, -0.05) is 0 Å². The number of benzene rings is 1. The minimum atomic E-state index is 0.147. The molecule has 1 aromatic carbocycles. The molecule has 2 unspecified atom stereocenters. The van der Waals surface area contributed by atoms with E-state index in [9.17, 15) is 4.79 Å². The predicted octanol–water partition coefficient (Wildman–Crippen LogP) is 2.72. The fraction of sp³-hybridized carbons (Fsp3) is 0.400. The molecule has 0 spiro atoms. The van der Waals surface area contributed by atoms with Crippen LogP contribution < -0.4 is 5.32 Å². The van der Waals surface area contributed by atoms with Crippen LogP contribution in [0.25, 0.3) is 10.1 Å². The van der Waals surface area contributed by atoms with Crippen LogP contribution in [0, 0.1) is 0 Å². The van der Waals surface area contributed by atoms with E-state index in [1.54, 1.807) is 11.3 Å². The van der Waals surface area contributed by atoms with Crippen molar-refractivity contribution in [2.24, 2.45) is 0 Å². The molecule has 2 heterocycles. The largest absolute Gasteiger partial charge is 0.333 e. The zero-order valence-corrected chi connectivity index (χ0v) is 12.0. The van der Waals surface area contributed by atoms with E-state index < -0.39 is 0 Å². The molecular formula is C15H18N2OS. The first-order valence-electron chi connectivity index (χ1n) is 6.68. The average Bonchev–Trinajstić information content (AvgIpc) is 2.88. The predicted molar refractivity (Wildman–Crippen MR) is 79.8 cm³/mol. The van der Waals surface area contributed by atoms with Crippen LogP contribution in [-0.4, -0.2) is 36.0 Å². The van der Waals surface area contributed by atoms with Gasteiger partial charge in [0.2, 0.25) is 0 Å². The van der Waals surface area contributed by atoms with Gasteiger partial charge in [0.1, 0.15) is 0 Å². The van der Waals surface area contributed by atoms with E-state index in [2.05, 4.69) is 30.6 Å². The van der Waals surface area contributed by atoms with Crippen molar-refractivity contribution in [3.05, 3.63) is 35.2 Å². The highest BCUT2D eigenvalue weighted by molar-refractivity contribution is 7.17. The van der Waals surface area contributed by atoms with E-state index in [0.717, 1.165) is 24.0 Å². The van der Waals surface area contributed by atoms with E-state index >= 15 is 0 Å². The second-order valence-electron chi connectivity index (χ2n) is 5.16. The standard InChI is InChI=1S/C15H18N2OS/c1-10-11(2)17(7-6-16-10)15(18)13-3-4-14-12(9-13)5-8-19-14/h3-5,8-11,16H,6-7H2,1-2H3. The fourth-order valence-corrected chi connectivity index (χ4v) is 3.38. The molecule has 2 aromatic rings. The van der Waals surface area contributed by atoms with Gasteiger partial charge in [0, 0.05) is 35.4 Å². The highest BCUT2D eigenvalue weighted by atomic mass is 32.1. The highest BCUT2D eigenvalue weighted by Crippen LogP contribution is 2.23. The zero-order chi connectivity index (χ0) is 13.4. The first-order valence-corrected chi connectivity index (χ1v) is 7.56. The Labute approximate surface area is 117 Å². The quantitative estimate of drug-likeness (QED) is 0.867. The highest BCUT2D eigenvalue weighted by Gasteiger charge is 2.28. The number of carbonyl (C=O) groups excluding carboxylic acids is 1. The zero-order valence-electron chi connectivity index (χ0n) is 11.2. The Bertz CT molecular complexity index is 607. The number of amides is 1. The molecule has 1 aliphatic rings. The molecule has 1 aliphatic heterocycles. The third-order valence-corrected chi connectivity index (χ3v) is 4.89. The molecule has 100 valence electrons. The van der Waals surface area contributed by atoms with Crippen LogP contribution in [0.2, 0.25) is 0 Å². The van der Waals surface area contributed by atoms with Crippen molar-refractivity contribution in [1.82, 2.24) is 10.2 Å². The third kappa shape index (κ3) is 2.26. The Morgan fingerprint density at radius 1 is 1.37 bits per heavy atom. The Hall–Kier alpha value is -1.39. The molecule has 4 heteroatoms. The first-order chi connectivity index (χ1) is 9.16. The maximum absolute atomic E-state index is 12.6. The Balaban J connectivity index is 1.90. The van der Waals surface area contributed by atoms with Gasteiger partial charge in [-0.25, -0.2) is 0 Å². The van der Waals surface area contributed by atoms with E-state index in [1.165, 1.54) is 4.70 Å². The Morgan fingerprint density at radius 2 is 2.21 bits per heavy atom. The van der Waals surface area contributed by atoms with Gasteiger partial charge in [-0.3, -0.25) is 4.79 Å². The van der Waals surface area contributed by atoms with Gasteiger partial charge in [-0.05, 0) is 48.9 Å². The van der Waals surface area contributed by atoms with Crippen molar-refractivity contribution in [3.63, 3.8) is 0 Å². The second kappa shape index (κ2) is 4.94. The summed E-state index contributed by atoms with van der Waals surface area (Å²) in [5.74, 6) is 0.147.